The summed E-state index contributed by atoms with van der Waals surface area (Å²) in [5, 5.41) is 0. The monoisotopic (exact) mass is 213 g/mol. The van der Waals surface area contributed by atoms with Crippen LogP contribution in [0.4, 0.5) is 4.79 Å². The van der Waals surface area contributed by atoms with Crippen molar-refractivity contribution < 1.29 is 14.4 Å². The third-order valence-electron chi connectivity index (χ3n) is 2.99. The van der Waals surface area contributed by atoms with Crippen LogP contribution >= 0.6 is 0 Å². The predicted octanol–water partition coefficient (Wildman–Crippen LogP) is 2.39. The van der Waals surface area contributed by atoms with E-state index in [1.54, 1.807) is 0 Å². The highest BCUT2D eigenvalue weighted by Crippen LogP contribution is 2.61. The number of rotatable bonds is 2. The van der Waals surface area contributed by atoms with Crippen molar-refractivity contribution in [1.82, 2.24) is 5.48 Å². The molecule has 0 aromatic heterocycles. The van der Waals surface area contributed by atoms with Crippen LogP contribution in [0.15, 0.2) is 0 Å². The van der Waals surface area contributed by atoms with Gasteiger partial charge < -0.3 is 4.74 Å². The minimum atomic E-state index is -0.501. The molecule has 2 fully saturated rings. The van der Waals surface area contributed by atoms with E-state index in [0.717, 1.165) is 12.8 Å². The Bertz CT molecular complexity index is 257. The minimum absolute atomic E-state index is 0.194. The van der Waals surface area contributed by atoms with Crippen molar-refractivity contribution in [2.75, 3.05) is 0 Å². The average Bonchev–Trinajstić information content (AvgIpc) is 2.73. The van der Waals surface area contributed by atoms with Gasteiger partial charge in [-0.1, -0.05) is 0 Å². The van der Waals surface area contributed by atoms with Crippen LogP contribution in [0, 0.1) is 5.41 Å². The molecule has 0 aliphatic heterocycles. The lowest BCUT2D eigenvalue weighted by Gasteiger charge is -2.34. The molecule has 4 nitrogen and oxygen atoms in total. The summed E-state index contributed by atoms with van der Waals surface area (Å²) in [5.41, 5.74) is 2.48. The summed E-state index contributed by atoms with van der Waals surface area (Å²) in [5.74, 6) is 0. The molecule has 0 aromatic carbocycles. The Morgan fingerprint density at radius 2 is 1.93 bits per heavy atom. The molecular formula is C11H19NO3. The molecule has 4 heteroatoms. The van der Waals surface area contributed by atoms with E-state index in [0.29, 0.717) is 5.41 Å². The number of amides is 1. The number of ether oxygens (including phenoxy) is 1. The van der Waals surface area contributed by atoms with E-state index in [4.69, 9.17) is 9.57 Å². The zero-order chi connectivity index (χ0) is 11.1. The molecule has 0 aromatic rings. The molecule has 1 spiro atoms. The zero-order valence-corrected chi connectivity index (χ0v) is 9.63. The quantitative estimate of drug-likeness (QED) is 0.716. The van der Waals surface area contributed by atoms with Crippen LogP contribution in [0.25, 0.3) is 0 Å². The highest BCUT2D eigenvalue weighted by Gasteiger charge is 2.53. The smallest absolute Gasteiger partial charge is 0.431 e. The van der Waals surface area contributed by atoms with E-state index in [-0.39, 0.29) is 6.10 Å². The Labute approximate surface area is 90.3 Å². The molecule has 1 amide bonds. The van der Waals surface area contributed by atoms with Gasteiger partial charge in [-0.05, 0) is 51.9 Å². The standard InChI is InChI=1S/C11H19NO3/c1-10(2,3)14-9(13)12-15-8-6-11(7-8)4-5-11/h8H,4-7H2,1-3H3,(H,12,13). The molecule has 0 atom stereocenters. The first-order valence-corrected chi connectivity index (χ1v) is 5.53. The third kappa shape index (κ3) is 2.84. The van der Waals surface area contributed by atoms with E-state index in [9.17, 15) is 4.79 Å². The van der Waals surface area contributed by atoms with Crippen molar-refractivity contribution >= 4 is 6.09 Å². The Morgan fingerprint density at radius 3 is 2.40 bits per heavy atom. The van der Waals surface area contributed by atoms with Crippen molar-refractivity contribution in [3.8, 4) is 0 Å². The fourth-order valence-electron chi connectivity index (χ4n) is 2.00. The lowest BCUT2D eigenvalue weighted by Crippen LogP contribution is -2.40. The summed E-state index contributed by atoms with van der Waals surface area (Å²) in [6.07, 6.45) is 4.53. The fraction of sp³-hybridized carbons (Fsp3) is 0.909. The van der Waals surface area contributed by atoms with Gasteiger partial charge in [-0.3, -0.25) is 4.84 Å². The Balaban J connectivity index is 1.60. The molecule has 2 saturated carbocycles. The van der Waals surface area contributed by atoms with Crippen molar-refractivity contribution in [1.29, 1.82) is 0 Å². The van der Waals surface area contributed by atoms with Gasteiger partial charge in [0.05, 0.1) is 6.10 Å². The predicted molar refractivity (Wildman–Crippen MR) is 55.1 cm³/mol. The van der Waals surface area contributed by atoms with E-state index < -0.39 is 11.7 Å². The maximum Gasteiger partial charge on any atom is 0.431 e. The van der Waals surface area contributed by atoms with Gasteiger partial charge in [0.25, 0.3) is 0 Å². The van der Waals surface area contributed by atoms with Crippen LogP contribution in [-0.4, -0.2) is 17.8 Å². The third-order valence-corrected chi connectivity index (χ3v) is 2.99. The Morgan fingerprint density at radius 1 is 1.33 bits per heavy atom. The molecule has 2 aliphatic rings. The lowest BCUT2D eigenvalue weighted by atomic mass is 9.79. The van der Waals surface area contributed by atoms with Crippen LogP contribution in [0.5, 0.6) is 0 Å². The van der Waals surface area contributed by atoms with Gasteiger partial charge in [0, 0.05) is 0 Å². The Hall–Kier alpha value is -0.770. The molecule has 0 saturated heterocycles. The maximum atomic E-state index is 11.2. The lowest BCUT2D eigenvalue weighted by molar-refractivity contribution is -0.0950. The second kappa shape index (κ2) is 3.37. The van der Waals surface area contributed by atoms with Gasteiger partial charge in [-0.25, -0.2) is 4.79 Å². The number of hydroxylamine groups is 1. The molecule has 1 N–H and O–H groups in total. The number of nitrogens with one attached hydrogen (secondary N) is 1. The van der Waals surface area contributed by atoms with Crippen LogP contribution in [-0.2, 0) is 9.57 Å². The Kier molecular flexibility index (Phi) is 2.41. The molecule has 2 rings (SSSR count). The van der Waals surface area contributed by atoms with Crippen molar-refractivity contribution in [3.63, 3.8) is 0 Å². The van der Waals surface area contributed by atoms with Crippen LogP contribution < -0.4 is 5.48 Å². The molecule has 0 heterocycles. The van der Waals surface area contributed by atoms with Gasteiger partial charge in [-0.2, -0.15) is 5.48 Å². The normalized spacial score (nSPS) is 23.4. The largest absolute Gasteiger partial charge is 0.442 e. The first-order chi connectivity index (χ1) is 6.89. The van der Waals surface area contributed by atoms with E-state index in [1.165, 1.54) is 12.8 Å². The first-order valence-electron chi connectivity index (χ1n) is 5.53. The summed E-state index contributed by atoms with van der Waals surface area (Å²) >= 11 is 0. The maximum absolute atomic E-state index is 11.2. The summed E-state index contributed by atoms with van der Waals surface area (Å²) in [6.45, 7) is 5.49. The average molecular weight is 213 g/mol. The van der Waals surface area contributed by atoms with Gasteiger partial charge in [0.15, 0.2) is 0 Å². The molecule has 0 radical (unpaired) electrons. The summed E-state index contributed by atoms with van der Waals surface area (Å²) in [6, 6.07) is 0. The second-order valence-corrected chi connectivity index (χ2v) is 5.75. The van der Waals surface area contributed by atoms with Gasteiger partial charge in [0.2, 0.25) is 0 Å². The minimum Gasteiger partial charge on any atom is -0.442 e. The summed E-state index contributed by atoms with van der Waals surface area (Å²) in [4.78, 5) is 16.5. The van der Waals surface area contributed by atoms with Gasteiger partial charge in [0.1, 0.15) is 5.60 Å². The SMILES string of the molecule is CC(C)(C)OC(=O)NOC1CC2(CC2)C1. The molecule has 2 aliphatic carbocycles. The molecule has 86 valence electrons. The van der Waals surface area contributed by atoms with Crippen molar-refractivity contribution in [2.45, 2.75) is 58.2 Å². The molecule has 15 heavy (non-hydrogen) atoms. The van der Waals surface area contributed by atoms with Crippen LogP contribution in [0.1, 0.15) is 46.5 Å². The zero-order valence-electron chi connectivity index (χ0n) is 9.63. The second-order valence-electron chi connectivity index (χ2n) is 5.75. The van der Waals surface area contributed by atoms with E-state index >= 15 is 0 Å². The number of hydrogen-bond acceptors (Lipinski definition) is 3. The highest BCUT2D eigenvalue weighted by molar-refractivity contribution is 5.66. The number of carbonyl (C=O) groups is 1. The van der Waals surface area contributed by atoms with E-state index in [1.807, 2.05) is 20.8 Å². The first kappa shape index (κ1) is 10.7. The number of hydrogen-bond donors (Lipinski definition) is 1. The van der Waals surface area contributed by atoms with E-state index in [2.05, 4.69) is 5.48 Å². The van der Waals surface area contributed by atoms with Gasteiger partial charge in [-0.15, -0.1) is 0 Å². The number of carbonyl (C=O) groups excluding carboxylic acids is 1. The van der Waals surface area contributed by atoms with Gasteiger partial charge >= 0.3 is 6.09 Å². The highest BCUT2D eigenvalue weighted by atomic mass is 16.7. The molecule has 0 bridgehead atoms. The summed E-state index contributed by atoms with van der Waals surface area (Å²) < 4.78 is 5.05. The fourth-order valence-corrected chi connectivity index (χ4v) is 2.00. The topological polar surface area (TPSA) is 47.6 Å². The van der Waals surface area contributed by atoms with Crippen molar-refractivity contribution in [2.24, 2.45) is 5.41 Å². The van der Waals surface area contributed by atoms with Crippen molar-refractivity contribution in [3.05, 3.63) is 0 Å². The summed E-state index contributed by atoms with van der Waals surface area (Å²) in [7, 11) is 0. The van der Waals surface area contributed by atoms with Crippen LogP contribution in [0.2, 0.25) is 0 Å². The van der Waals surface area contributed by atoms with Crippen LogP contribution in [0.3, 0.4) is 0 Å². The molecule has 0 unspecified atom stereocenters. The molecular weight excluding hydrogens is 194 g/mol.